The van der Waals surface area contributed by atoms with Crippen LogP contribution in [0.25, 0.3) is 0 Å². The van der Waals surface area contributed by atoms with Crippen molar-refractivity contribution in [1.82, 2.24) is 10.2 Å². The number of nitrogens with zero attached hydrogens (tertiary/aromatic N) is 1. The number of aliphatic carboxylic acids is 2. The molecule has 248 valence electrons. The summed E-state index contributed by atoms with van der Waals surface area (Å²) in [6, 6.07) is 25.0. The summed E-state index contributed by atoms with van der Waals surface area (Å²) in [6.45, 7) is 4.17. The van der Waals surface area contributed by atoms with E-state index < -0.39 is 42.0 Å². The van der Waals surface area contributed by atoms with Crippen molar-refractivity contribution < 1.29 is 43.7 Å². The van der Waals surface area contributed by atoms with Gasteiger partial charge in [-0.05, 0) is 48.9 Å². The lowest BCUT2D eigenvalue weighted by molar-refractivity contribution is -0.158. The van der Waals surface area contributed by atoms with E-state index in [1.54, 1.807) is 18.7 Å². The summed E-state index contributed by atoms with van der Waals surface area (Å²) in [6.07, 6.45) is 2.62. The Balaban J connectivity index is 0.000000665. The van der Waals surface area contributed by atoms with E-state index in [0.717, 1.165) is 22.3 Å². The molecule has 0 bridgehead atoms. The van der Waals surface area contributed by atoms with Crippen LogP contribution >= 0.6 is 0 Å². The fourth-order valence-electron chi connectivity index (χ4n) is 5.02. The molecule has 1 heterocycles. The van der Waals surface area contributed by atoms with Crippen LogP contribution < -0.4 is 5.32 Å². The Morgan fingerprint density at radius 2 is 1.38 bits per heavy atom. The minimum Gasteiger partial charge on any atom is -0.478 e. The molecule has 3 unspecified atom stereocenters. The van der Waals surface area contributed by atoms with Gasteiger partial charge in [0.1, 0.15) is 18.7 Å². The first-order chi connectivity index (χ1) is 22.6. The normalized spacial score (nSPS) is 14.9. The smallest absolute Gasteiger partial charge is 0.329 e. The molecule has 3 N–H and O–H groups in total. The Labute approximate surface area is 273 Å². The zero-order chi connectivity index (χ0) is 34.2. The molecule has 0 spiro atoms. The number of fused-ring (bicyclic) bond motifs is 1. The predicted octanol–water partition coefficient (Wildman–Crippen LogP) is 3.94. The molecule has 0 aliphatic carbocycles. The first-order valence-electron chi connectivity index (χ1n) is 15.3. The van der Waals surface area contributed by atoms with Crippen LogP contribution in [0.1, 0.15) is 42.5 Å². The second-order valence-electron chi connectivity index (χ2n) is 10.8. The molecule has 47 heavy (non-hydrogen) atoms. The Kier molecular flexibility index (Phi) is 14.3. The van der Waals surface area contributed by atoms with E-state index in [1.165, 1.54) is 0 Å². The zero-order valence-electron chi connectivity index (χ0n) is 26.4. The third-order valence-corrected chi connectivity index (χ3v) is 7.35. The minimum absolute atomic E-state index is 0.137. The number of carbonyl (C=O) groups is 5. The average molecular weight is 645 g/mol. The minimum atomic E-state index is -1.26. The van der Waals surface area contributed by atoms with E-state index in [2.05, 4.69) is 5.32 Å². The number of rotatable bonds is 13. The van der Waals surface area contributed by atoms with E-state index in [4.69, 9.17) is 19.7 Å². The number of carbonyl (C=O) groups excluding carboxylic acids is 3. The highest BCUT2D eigenvalue weighted by Gasteiger charge is 2.38. The van der Waals surface area contributed by atoms with Crippen molar-refractivity contribution in [2.45, 2.75) is 64.4 Å². The van der Waals surface area contributed by atoms with Crippen LogP contribution in [0.15, 0.2) is 97.1 Å². The summed E-state index contributed by atoms with van der Waals surface area (Å²) in [5.74, 6) is -3.62. The van der Waals surface area contributed by atoms with E-state index in [-0.39, 0.29) is 19.1 Å². The molecule has 11 nitrogen and oxygen atoms in total. The lowest BCUT2D eigenvalue weighted by Crippen LogP contribution is -2.56. The molecule has 0 fully saturated rings. The van der Waals surface area contributed by atoms with Crippen LogP contribution in [0.2, 0.25) is 0 Å². The number of hydrogen-bond acceptors (Lipinski definition) is 8. The molecule has 1 aliphatic rings. The molecule has 3 atom stereocenters. The van der Waals surface area contributed by atoms with Crippen LogP contribution in [0, 0.1) is 0 Å². The SMILES string of the molecule is CCOC(=O)C(CCc1ccccc1)NC(C)C(=O)N1Cc2ccccc2CC1C(=O)OCc1ccccc1.O=C(O)C=CC(=O)O. The highest BCUT2D eigenvalue weighted by molar-refractivity contribution is 5.90. The topological polar surface area (TPSA) is 160 Å². The number of esters is 2. The Hall–Kier alpha value is -5.29. The van der Waals surface area contributed by atoms with Gasteiger partial charge in [-0.1, -0.05) is 84.9 Å². The largest absolute Gasteiger partial charge is 0.478 e. The fourth-order valence-corrected chi connectivity index (χ4v) is 5.02. The standard InChI is InChI=1S/C32H36N2O5.C4H4O4/c1-3-38-31(36)28(19-18-24-12-6-4-7-13-24)33-23(2)30(35)34-21-27-17-11-10-16-26(27)20-29(34)32(37)39-22-25-14-8-5-9-15-25;5-3(6)1-2-4(7)8/h4-17,23,28-29,33H,3,18-22H2,1-2H3;1-2H,(H,5,6)(H,7,8). The quantitative estimate of drug-likeness (QED) is 0.184. The molecule has 3 aromatic carbocycles. The molecule has 0 radical (unpaired) electrons. The number of amides is 1. The van der Waals surface area contributed by atoms with Gasteiger partial charge < -0.3 is 24.6 Å². The average Bonchev–Trinajstić information content (AvgIpc) is 3.08. The number of ether oxygens (including phenoxy) is 2. The molecule has 3 aromatic rings. The van der Waals surface area contributed by atoms with Crippen LogP contribution in [0.5, 0.6) is 0 Å². The molecule has 1 aliphatic heterocycles. The van der Waals surface area contributed by atoms with Gasteiger partial charge in [0.15, 0.2) is 0 Å². The van der Waals surface area contributed by atoms with Crippen molar-refractivity contribution in [2.75, 3.05) is 6.61 Å². The second-order valence-corrected chi connectivity index (χ2v) is 10.8. The second kappa shape index (κ2) is 18.6. The van der Waals surface area contributed by atoms with Crippen molar-refractivity contribution in [3.05, 3.63) is 119 Å². The Morgan fingerprint density at radius 3 is 1.96 bits per heavy atom. The lowest BCUT2D eigenvalue weighted by Gasteiger charge is -2.37. The Morgan fingerprint density at radius 1 is 0.830 bits per heavy atom. The molecule has 0 aromatic heterocycles. The summed E-state index contributed by atoms with van der Waals surface area (Å²) in [5, 5.41) is 18.8. The molecular formula is C36H40N2O9. The van der Waals surface area contributed by atoms with Crippen LogP contribution in [-0.2, 0) is 59.4 Å². The summed E-state index contributed by atoms with van der Waals surface area (Å²) in [4.78, 5) is 60.5. The van der Waals surface area contributed by atoms with Crippen LogP contribution in [-0.4, -0.2) is 69.6 Å². The summed E-state index contributed by atoms with van der Waals surface area (Å²) >= 11 is 0. The van der Waals surface area contributed by atoms with Crippen molar-refractivity contribution >= 4 is 29.8 Å². The van der Waals surface area contributed by atoms with Gasteiger partial charge in [0.25, 0.3) is 0 Å². The summed E-state index contributed by atoms with van der Waals surface area (Å²) in [7, 11) is 0. The van der Waals surface area contributed by atoms with Crippen molar-refractivity contribution in [3.8, 4) is 0 Å². The summed E-state index contributed by atoms with van der Waals surface area (Å²) < 4.78 is 11.0. The zero-order valence-corrected chi connectivity index (χ0v) is 26.4. The van der Waals surface area contributed by atoms with Crippen LogP contribution in [0.3, 0.4) is 0 Å². The number of carboxylic acid groups (broad SMARTS) is 2. The molecule has 11 heteroatoms. The van der Waals surface area contributed by atoms with E-state index >= 15 is 0 Å². The Bertz CT molecular complexity index is 1510. The number of carboxylic acids is 2. The van der Waals surface area contributed by atoms with E-state index in [9.17, 15) is 24.0 Å². The fraction of sp³-hybridized carbons (Fsp3) is 0.306. The maximum atomic E-state index is 13.8. The predicted molar refractivity (Wildman–Crippen MR) is 173 cm³/mol. The van der Waals surface area contributed by atoms with Gasteiger partial charge in [-0.15, -0.1) is 0 Å². The third kappa shape index (κ3) is 11.9. The molecule has 4 rings (SSSR count). The van der Waals surface area contributed by atoms with Gasteiger partial charge in [-0.2, -0.15) is 0 Å². The lowest BCUT2D eigenvalue weighted by atomic mass is 9.93. The molecule has 0 saturated carbocycles. The molecular weight excluding hydrogens is 604 g/mol. The van der Waals surface area contributed by atoms with Gasteiger partial charge in [-0.25, -0.2) is 14.4 Å². The molecule has 0 saturated heterocycles. The van der Waals surface area contributed by atoms with Gasteiger partial charge in [0.05, 0.1) is 12.6 Å². The van der Waals surface area contributed by atoms with Gasteiger partial charge in [-0.3, -0.25) is 14.9 Å². The first-order valence-corrected chi connectivity index (χ1v) is 15.3. The third-order valence-electron chi connectivity index (χ3n) is 7.35. The van der Waals surface area contributed by atoms with E-state index in [1.807, 2.05) is 84.9 Å². The number of hydrogen-bond donors (Lipinski definition) is 3. The van der Waals surface area contributed by atoms with E-state index in [0.29, 0.717) is 38.0 Å². The number of aryl methyl sites for hydroxylation is 1. The monoisotopic (exact) mass is 644 g/mol. The van der Waals surface area contributed by atoms with Crippen molar-refractivity contribution in [2.24, 2.45) is 0 Å². The van der Waals surface area contributed by atoms with Gasteiger partial charge >= 0.3 is 23.9 Å². The van der Waals surface area contributed by atoms with Crippen LogP contribution in [0.4, 0.5) is 0 Å². The molecule has 1 amide bonds. The maximum absolute atomic E-state index is 13.8. The maximum Gasteiger partial charge on any atom is 0.329 e. The highest BCUT2D eigenvalue weighted by atomic mass is 16.5. The first kappa shape index (κ1) is 36.2. The van der Waals surface area contributed by atoms with Gasteiger partial charge in [0.2, 0.25) is 5.91 Å². The highest BCUT2D eigenvalue weighted by Crippen LogP contribution is 2.25. The van der Waals surface area contributed by atoms with Gasteiger partial charge in [0, 0.05) is 25.1 Å². The number of benzene rings is 3. The number of nitrogens with one attached hydrogen (secondary N) is 1. The van der Waals surface area contributed by atoms with Crippen molar-refractivity contribution in [3.63, 3.8) is 0 Å². The van der Waals surface area contributed by atoms with Crippen molar-refractivity contribution in [1.29, 1.82) is 0 Å². The summed E-state index contributed by atoms with van der Waals surface area (Å²) in [5.41, 5.74) is 4.00.